The van der Waals surface area contributed by atoms with E-state index in [0.717, 1.165) is 6.07 Å². The second-order valence-corrected chi connectivity index (χ2v) is 6.72. The summed E-state index contributed by atoms with van der Waals surface area (Å²) in [5.41, 5.74) is -1.85. The van der Waals surface area contributed by atoms with E-state index in [1.807, 2.05) is 0 Å². The van der Waals surface area contributed by atoms with Crippen molar-refractivity contribution in [1.82, 2.24) is 4.98 Å². The van der Waals surface area contributed by atoms with Crippen molar-refractivity contribution in [3.63, 3.8) is 0 Å². The number of aliphatic hydroxyl groups is 1. The van der Waals surface area contributed by atoms with Gasteiger partial charge >= 0.3 is 12.1 Å². The lowest BCUT2D eigenvalue weighted by molar-refractivity contribution is -0.157. The van der Waals surface area contributed by atoms with Gasteiger partial charge in [-0.15, -0.1) is 0 Å². The van der Waals surface area contributed by atoms with Gasteiger partial charge in [0.05, 0.1) is 11.7 Å². The van der Waals surface area contributed by atoms with Crippen LogP contribution in [0.2, 0.25) is 0 Å². The van der Waals surface area contributed by atoms with Gasteiger partial charge in [0, 0.05) is 19.3 Å². The predicted octanol–water partition coefficient (Wildman–Crippen LogP) is 2.99. The van der Waals surface area contributed by atoms with Crippen LogP contribution in [0.15, 0.2) is 48.7 Å². The Balaban J connectivity index is 1.99. The largest absolute Gasteiger partial charge is 0.481 e. The molecule has 1 aliphatic heterocycles. The standard InChI is InChI=1S/C19H19F3N2O3/c20-19(21,22)14-7-4-9-23-16(14)24-10-8-15(25)18(12-24,17(26)27)11-13-5-2-1-3-6-13/h1-7,9,15,25H,8,10-12H2,(H,26,27)/t15-,18-/m1/s1. The van der Waals surface area contributed by atoms with E-state index in [0.29, 0.717) is 5.56 Å². The SMILES string of the molecule is O=C(O)[C@]1(Cc2ccccc2)CN(c2ncccc2C(F)(F)F)CC[C@H]1O. The highest BCUT2D eigenvalue weighted by Crippen LogP contribution is 2.40. The van der Waals surface area contributed by atoms with Crippen molar-refractivity contribution in [2.45, 2.75) is 25.1 Å². The summed E-state index contributed by atoms with van der Waals surface area (Å²) >= 11 is 0. The number of pyridine rings is 1. The summed E-state index contributed by atoms with van der Waals surface area (Å²) in [5, 5.41) is 20.4. The molecule has 0 spiro atoms. The topological polar surface area (TPSA) is 73.7 Å². The summed E-state index contributed by atoms with van der Waals surface area (Å²) < 4.78 is 40.0. The molecule has 3 rings (SSSR count). The van der Waals surface area contributed by atoms with Crippen molar-refractivity contribution in [2.24, 2.45) is 5.41 Å². The molecule has 8 heteroatoms. The summed E-state index contributed by atoms with van der Waals surface area (Å²) in [5.74, 6) is -1.55. The minimum Gasteiger partial charge on any atom is -0.481 e. The number of aliphatic hydroxyl groups excluding tert-OH is 1. The molecule has 0 amide bonds. The molecular weight excluding hydrogens is 361 g/mol. The third-order valence-corrected chi connectivity index (χ3v) is 4.96. The minimum absolute atomic E-state index is 0.00895. The van der Waals surface area contributed by atoms with Gasteiger partial charge in [0.1, 0.15) is 11.2 Å². The molecule has 0 bridgehead atoms. The van der Waals surface area contributed by atoms with Gasteiger partial charge in [0.25, 0.3) is 0 Å². The molecule has 1 aromatic heterocycles. The smallest absolute Gasteiger partial charge is 0.419 e. The van der Waals surface area contributed by atoms with Crippen LogP contribution in [0, 0.1) is 5.41 Å². The Morgan fingerprint density at radius 1 is 1.22 bits per heavy atom. The lowest BCUT2D eigenvalue weighted by Crippen LogP contribution is -2.57. The third kappa shape index (κ3) is 3.75. The number of carboxylic acid groups (broad SMARTS) is 1. The molecule has 0 saturated carbocycles. The van der Waals surface area contributed by atoms with Gasteiger partial charge in [-0.1, -0.05) is 30.3 Å². The first kappa shape index (κ1) is 19.2. The average molecular weight is 380 g/mol. The molecule has 5 nitrogen and oxygen atoms in total. The molecule has 144 valence electrons. The van der Waals surface area contributed by atoms with E-state index < -0.39 is 29.2 Å². The quantitative estimate of drug-likeness (QED) is 0.853. The number of aromatic nitrogens is 1. The number of carbonyl (C=O) groups is 1. The highest BCUT2D eigenvalue weighted by molar-refractivity contribution is 5.77. The zero-order valence-corrected chi connectivity index (χ0v) is 14.4. The van der Waals surface area contributed by atoms with Gasteiger partial charge in [0.2, 0.25) is 0 Å². The van der Waals surface area contributed by atoms with E-state index >= 15 is 0 Å². The Kier molecular flexibility index (Phi) is 5.10. The van der Waals surface area contributed by atoms with Gasteiger partial charge < -0.3 is 15.1 Å². The molecule has 1 fully saturated rings. The number of hydrogen-bond donors (Lipinski definition) is 2. The van der Waals surface area contributed by atoms with Crippen LogP contribution >= 0.6 is 0 Å². The first-order valence-electron chi connectivity index (χ1n) is 8.46. The van der Waals surface area contributed by atoms with Gasteiger partial charge in [-0.25, -0.2) is 4.98 Å². The number of piperidine rings is 1. The van der Waals surface area contributed by atoms with Crippen molar-refractivity contribution in [2.75, 3.05) is 18.0 Å². The van der Waals surface area contributed by atoms with Crippen LogP contribution in [-0.2, 0) is 17.4 Å². The number of hydrogen-bond acceptors (Lipinski definition) is 4. The molecule has 1 aromatic carbocycles. The fraction of sp³-hybridized carbons (Fsp3) is 0.368. The summed E-state index contributed by atoms with van der Waals surface area (Å²) in [6.45, 7) is -0.177. The van der Waals surface area contributed by atoms with E-state index in [-0.39, 0.29) is 31.7 Å². The van der Waals surface area contributed by atoms with E-state index in [4.69, 9.17) is 0 Å². The fourth-order valence-electron chi connectivity index (χ4n) is 3.55. The first-order valence-corrected chi connectivity index (χ1v) is 8.46. The second-order valence-electron chi connectivity index (χ2n) is 6.72. The number of alkyl halides is 3. The van der Waals surface area contributed by atoms with E-state index in [1.165, 1.54) is 17.2 Å². The Bertz CT molecular complexity index is 813. The molecule has 2 N–H and O–H groups in total. The maximum Gasteiger partial charge on any atom is 0.419 e. The zero-order chi connectivity index (χ0) is 19.7. The highest BCUT2D eigenvalue weighted by Gasteiger charge is 2.50. The Morgan fingerprint density at radius 3 is 2.56 bits per heavy atom. The number of halogens is 3. The molecule has 0 unspecified atom stereocenters. The van der Waals surface area contributed by atoms with Gasteiger partial charge in [0.15, 0.2) is 0 Å². The normalized spacial score (nSPS) is 23.3. The molecule has 1 aliphatic rings. The summed E-state index contributed by atoms with van der Waals surface area (Å²) in [7, 11) is 0. The van der Waals surface area contributed by atoms with Gasteiger partial charge in [-0.2, -0.15) is 13.2 Å². The lowest BCUT2D eigenvalue weighted by atomic mass is 9.72. The molecular formula is C19H19F3N2O3. The second kappa shape index (κ2) is 7.19. The molecule has 1 saturated heterocycles. The van der Waals surface area contributed by atoms with Crippen molar-refractivity contribution in [3.05, 3.63) is 59.8 Å². The van der Waals surface area contributed by atoms with Crippen molar-refractivity contribution in [3.8, 4) is 0 Å². The number of nitrogens with zero attached hydrogens (tertiary/aromatic N) is 2. The van der Waals surface area contributed by atoms with Crippen LogP contribution in [-0.4, -0.2) is 40.4 Å². The molecule has 0 aliphatic carbocycles. The number of carboxylic acids is 1. The summed E-state index contributed by atoms with van der Waals surface area (Å²) in [6.07, 6.45) is -4.49. The minimum atomic E-state index is -4.61. The first-order chi connectivity index (χ1) is 12.7. The van der Waals surface area contributed by atoms with E-state index in [9.17, 15) is 28.2 Å². The predicted molar refractivity (Wildman–Crippen MR) is 92.3 cm³/mol. The third-order valence-electron chi connectivity index (χ3n) is 4.96. The van der Waals surface area contributed by atoms with Crippen LogP contribution in [0.25, 0.3) is 0 Å². The van der Waals surface area contributed by atoms with Crippen molar-refractivity contribution in [1.29, 1.82) is 0 Å². The Labute approximate surface area is 154 Å². The Hall–Kier alpha value is -2.61. The number of benzene rings is 1. The maximum absolute atomic E-state index is 13.3. The fourth-order valence-corrected chi connectivity index (χ4v) is 3.55. The lowest BCUT2D eigenvalue weighted by Gasteiger charge is -2.44. The number of anilines is 1. The molecule has 2 heterocycles. The van der Waals surface area contributed by atoms with E-state index in [1.54, 1.807) is 30.3 Å². The van der Waals surface area contributed by atoms with Gasteiger partial charge in [-0.05, 0) is 30.5 Å². The highest BCUT2D eigenvalue weighted by atomic mass is 19.4. The van der Waals surface area contributed by atoms with Crippen LogP contribution in [0.5, 0.6) is 0 Å². The Morgan fingerprint density at radius 2 is 1.93 bits per heavy atom. The van der Waals surface area contributed by atoms with Crippen LogP contribution in [0.1, 0.15) is 17.5 Å². The average Bonchev–Trinajstić information content (AvgIpc) is 2.63. The summed E-state index contributed by atoms with van der Waals surface area (Å²) in [4.78, 5) is 17.3. The van der Waals surface area contributed by atoms with Crippen LogP contribution in [0.4, 0.5) is 19.0 Å². The van der Waals surface area contributed by atoms with Crippen LogP contribution < -0.4 is 4.90 Å². The maximum atomic E-state index is 13.3. The molecule has 0 radical (unpaired) electrons. The number of rotatable bonds is 4. The van der Waals surface area contributed by atoms with Crippen molar-refractivity contribution >= 4 is 11.8 Å². The van der Waals surface area contributed by atoms with Crippen molar-refractivity contribution < 1.29 is 28.2 Å². The van der Waals surface area contributed by atoms with E-state index in [2.05, 4.69) is 4.98 Å². The molecule has 27 heavy (non-hydrogen) atoms. The number of aliphatic carboxylic acids is 1. The summed E-state index contributed by atoms with van der Waals surface area (Å²) in [6, 6.07) is 10.9. The molecule has 2 aromatic rings. The monoisotopic (exact) mass is 380 g/mol. The van der Waals surface area contributed by atoms with Gasteiger partial charge in [-0.3, -0.25) is 4.79 Å². The molecule has 2 atom stereocenters. The zero-order valence-electron chi connectivity index (χ0n) is 14.4. The van der Waals surface area contributed by atoms with Crippen LogP contribution in [0.3, 0.4) is 0 Å².